The van der Waals surface area contributed by atoms with E-state index in [-0.39, 0.29) is 17.5 Å². The number of thioether (sulfide) groups is 1. The molecule has 1 aromatic carbocycles. The summed E-state index contributed by atoms with van der Waals surface area (Å²) in [5.74, 6) is 1.42. The van der Waals surface area contributed by atoms with Crippen molar-refractivity contribution in [3.8, 4) is 11.4 Å². The van der Waals surface area contributed by atoms with Crippen LogP contribution >= 0.6 is 11.8 Å². The summed E-state index contributed by atoms with van der Waals surface area (Å²) in [5.41, 5.74) is 1.47. The zero-order chi connectivity index (χ0) is 23.2. The van der Waals surface area contributed by atoms with E-state index in [1.165, 1.54) is 17.8 Å². The van der Waals surface area contributed by atoms with E-state index in [4.69, 9.17) is 4.42 Å². The number of furan rings is 1. The zero-order valence-corrected chi connectivity index (χ0v) is 19.9. The van der Waals surface area contributed by atoms with Crippen LogP contribution in [0, 0.1) is 11.7 Å². The van der Waals surface area contributed by atoms with Crippen LogP contribution < -0.4 is 0 Å². The molecule has 33 heavy (non-hydrogen) atoms. The number of rotatable bonds is 9. The van der Waals surface area contributed by atoms with Crippen LogP contribution in [0.4, 0.5) is 4.39 Å². The number of amides is 1. The highest BCUT2D eigenvalue weighted by atomic mass is 32.2. The zero-order valence-electron chi connectivity index (χ0n) is 19.0. The Labute approximate surface area is 197 Å². The predicted molar refractivity (Wildman–Crippen MR) is 127 cm³/mol. The summed E-state index contributed by atoms with van der Waals surface area (Å²) in [7, 11) is 0. The number of hydrogen-bond acceptors (Lipinski definition) is 5. The molecule has 8 heteroatoms. The third-order valence-corrected chi connectivity index (χ3v) is 6.46. The summed E-state index contributed by atoms with van der Waals surface area (Å²) in [5, 5.41) is 9.20. The van der Waals surface area contributed by atoms with Gasteiger partial charge in [-0.1, -0.05) is 43.8 Å². The molecule has 0 atom stereocenters. The second kappa shape index (κ2) is 10.8. The highest BCUT2D eigenvalue weighted by Crippen LogP contribution is 2.29. The third kappa shape index (κ3) is 5.74. The van der Waals surface area contributed by atoms with Crippen molar-refractivity contribution < 1.29 is 13.6 Å². The maximum Gasteiger partial charge on any atom is 0.237 e. The Hall–Kier alpha value is -2.87. The van der Waals surface area contributed by atoms with E-state index in [0.29, 0.717) is 35.6 Å². The molecule has 4 rings (SSSR count). The van der Waals surface area contributed by atoms with Crippen molar-refractivity contribution in [3.05, 3.63) is 66.0 Å². The molecule has 1 aliphatic carbocycles. The Kier molecular flexibility index (Phi) is 7.65. The van der Waals surface area contributed by atoms with Crippen LogP contribution in [0.3, 0.4) is 0 Å². The quantitative estimate of drug-likeness (QED) is 0.365. The largest absolute Gasteiger partial charge is 0.467 e. The van der Waals surface area contributed by atoms with Crippen LogP contribution in [0.25, 0.3) is 11.4 Å². The normalized spacial score (nSPS) is 13.9. The first-order chi connectivity index (χ1) is 16.0. The van der Waals surface area contributed by atoms with Crippen molar-refractivity contribution in [2.24, 2.45) is 5.92 Å². The molecule has 1 aliphatic rings. The van der Waals surface area contributed by atoms with Crippen molar-refractivity contribution in [1.82, 2.24) is 19.7 Å². The number of benzene rings is 1. The Morgan fingerprint density at radius 3 is 2.76 bits per heavy atom. The first-order valence-corrected chi connectivity index (χ1v) is 12.3. The van der Waals surface area contributed by atoms with Crippen LogP contribution in [0.5, 0.6) is 0 Å². The van der Waals surface area contributed by atoms with Gasteiger partial charge < -0.3 is 13.9 Å². The van der Waals surface area contributed by atoms with Crippen molar-refractivity contribution in [2.45, 2.75) is 57.8 Å². The molecule has 0 saturated carbocycles. The number of carbonyl (C=O) groups excluding carboxylic acids is 1. The molecule has 2 aromatic heterocycles. The molecule has 3 aromatic rings. The Morgan fingerprint density at radius 2 is 2.06 bits per heavy atom. The van der Waals surface area contributed by atoms with E-state index in [1.54, 1.807) is 24.5 Å². The Morgan fingerprint density at radius 1 is 1.21 bits per heavy atom. The first-order valence-electron chi connectivity index (χ1n) is 11.4. The molecule has 6 nitrogen and oxygen atoms in total. The molecule has 174 valence electrons. The second-order valence-corrected chi connectivity index (χ2v) is 9.52. The number of nitrogens with zero attached hydrogens (tertiary/aromatic N) is 4. The van der Waals surface area contributed by atoms with Gasteiger partial charge in [0.05, 0.1) is 24.1 Å². The SMILES string of the molecule is CC(C)Cn1c(SCC(=O)N(Cc2ccco2)C2=CCCCC2)nnc1-c1ccccc1F. The van der Waals surface area contributed by atoms with Crippen molar-refractivity contribution in [2.75, 3.05) is 5.75 Å². The van der Waals surface area contributed by atoms with Gasteiger partial charge in [0.2, 0.25) is 5.91 Å². The maximum atomic E-state index is 14.4. The minimum absolute atomic E-state index is 0.00362. The van der Waals surface area contributed by atoms with Gasteiger partial charge in [0, 0.05) is 12.2 Å². The summed E-state index contributed by atoms with van der Waals surface area (Å²) >= 11 is 1.34. The topological polar surface area (TPSA) is 64.2 Å². The maximum absolute atomic E-state index is 14.4. The van der Waals surface area contributed by atoms with E-state index in [0.717, 1.165) is 37.1 Å². The summed E-state index contributed by atoms with van der Waals surface area (Å²) < 4.78 is 21.9. The third-order valence-electron chi connectivity index (χ3n) is 5.51. The van der Waals surface area contributed by atoms with Gasteiger partial charge in [0.1, 0.15) is 11.6 Å². The van der Waals surface area contributed by atoms with Gasteiger partial charge in [-0.05, 0) is 55.9 Å². The second-order valence-electron chi connectivity index (χ2n) is 8.58. The number of halogens is 1. The van der Waals surface area contributed by atoms with Gasteiger partial charge >= 0.3 is 0 Å². The molecular weight excluding hydrogens is 439 g/mol. The molecule has 0 saturated heterocycles. The van der Waals surface area contributed by atoms with Gasteiger partial charge in [0.15, 0.2) is 11.0 Å². The lowest BCUT2D eigenvalue weighted by atomic mass is 10.0. The molecule has 0 fully saturated rings. The van der Waals surface area contributed by atoms with Crippen LogP contribution in [0.2, 0.25) is 0 Å². The van der Waals surface area contributed by atoms with E-state index in [1.807, 2.05) is 21.6 Å². The fourth-order valence-electron chi connectivity index (χ4n) is 3.95. The Bertz CT molecular complexity index is 1110. The predicted octanol–water partition coefficient (Wildman–Crippen LogP) is 5.91. The standard InChI is InChI=1S/C25H29FN4O2S/c1-18(2)15-30-24(21-12-6-7-13-22(21)26)27-28-25(30)33-17-23(31)29(16-20-11-8-14-32-20)19-9-4-3-5-10-19/h6-9,11-14,18H,3-5,10,15-17H2,1-2H3. The summed E-state index contributed by atoms with van der Waals surface area (Å²) in [6, 6.07) is 10.3. The van der Waals surface area contributed by atoms with Crippen molar-refractivity contribution in [3.63, 3.8) is 0 Å². The molecule has 0 radical (unpaired) electrons. The molecule has 0 unspecified atom stereocenters. The number of carbonyl (C=O) groups is 1. The average molecular weight is 469 g/mol. The van der Waals surface area contributed by atoms with Crippen LogP contribution in [-0.4, -0.2) is 31.3 Å². The lowest BCUT2D eigenvalue weighted by Crippen LogP contribution is -2.32. The minimum Gasteiger partial charge on any atom is -0.467 e. The highest BCUT2D eigenvalue weighted by molar-refractivity contribution is 7.99. The lowest BCUT2D eigenvalue weighted by Gasteiger charge is -2.27. The van der Waals surface area contributed by atoms with E-state index in [9.17, 15) is 9.18 Å². The Balaban J connectivity index is 1.54. The van der Waals surface area contributed by atoms with Gasteiger partial charge in [-0.3, -0.25) is 4.79 Å². The van der Waals surface area contributed by atoms with Crippen molar-refractivity contribution >= 4 is 17.7 Å². The highest BCUT2D eigenvalue weighted by Gasteiger charge is 2.23. The van der Waals surface area contributed by atoms with Gasteiger partial charge in [0.25, 0.3) is 0 Å². The first kappa shape index (κ1) is 23.3. The molecule has 1 amide bonds. The van der Waals surface area contributed by atoms with E-state index < -0.39 is 0 Å². The summed E-state index contributed by atoms with van der Waals surface area (Å²) in [6.45, 7) is 5.22. The van der Waals surface area contributed by atoms with Crippen LogP contribution in [0.1, 0.15) is 45.3 Å². The van der Waals surface area contributed by atoms with E-state index in [2.05, 4.69) is 30.1 Å². The lowest BCUT2D eigenvalue weighted by molar-refractivity contribution is -0.127. The molecule has 0 aliphatic heterocycles. The summed E-state index contributed by atoms with van der Waals surface area (Å²) in [4.78, 5) is 15.1. The molecule has 0 N–H and O–H groups in total. The van der Waals surface area contributed by atoms with Crippen LogP contribution in [-0.2, 0) is 17.9 Å². The van der Waals surface area contributed by atoms with Gasteiger partial charge in [-0.15, -0.1) is 10.2 Å². The van der Waals surface area contributed by atoms with Gasteiger partial charge in [-0.25, -0.2) is 4.39 Å². The number of aromatic nitrogens is 3. The number of allylic oxidation sites excluding steroid dienone is 2. The minimum atomic E-state index is -0.337. The smallest absolute Gasteiger partial charge is 0.237 e. The van der Waals surface area contributed by atoms with Crippen molar-refractivity contribution in [1.29, 1.82) is 0 Å². The van der Waals surface area contributed by atoms with Gasteiger partial charge in [-0.2, -0.15) is 0 Å². The average Bonchev–Trinajstić information content (AvgIpc) is 3.46. The molecule has 2 heterocycles. The summed E-state index contributed by atoms with van der Waals surface area (Å²) in [6.07, 6.45) is 7.89. The molecular formula is C25H29FN4O2S. The van der Waals surface area contributed by atoms with Crippen LogP contribution in [0.15, 0.2) is 64.0 Å². The fourth-order valence-corrected chi connectivity index (χ4v) is 4.77. The monoisotopic (exact) mass is 468 g/mol. The molecule has 0 spiro atoms. The fraction of sp³-hybridized carbons (Fsp3) is 0.400. The number of hydrogen-bond donors (Lipinski definition) is 0. The van der Waals surface area contributed by atoms with E-state index >= 15 is 0 Å². The molecule has 0 bridgehead atoms.